The summed E-state index contributed by atoms with van der Waals surface area (Å²) in [5.41, 5.74) is 12.8. The lowest BCUT2D eigenvalue weighted by Gasteiger charge is -2.33. The van der Waals surface area contributed by atoms with Gasteiger partial charge in [-0.3, -0.25) is 0 Å². The molecule has 92 heavy (non-hydrogen) atoms. The molecule has 6 aliphatic rings. The fourth-order valence-electron chi connectivity index (χ4n) is 14.1. The molecule has 8 aromatic heterocycles. The number of pyridine rings is 1. The third-order valence-electron chi connectivity index (χ3n) is 19.4. The van der Waals surface area contributed by atoms with Gasteiger partial charge in [0.1, 0.15) is 44.6 Å². The molecule has 0 unspecified atom stereocenters. The van der Waals surface area contributed by atoms with E-state index in [9.17, 15) is 0 Å². The highest BCUT2D eigenvalue weighted by molar-refractivity contribution is 7.18. The molecule has 488 valence electrons. The van der Waals surface area contributed by atoms with Gasteiger partial charge >= 0.3 is 0 Å². The number of likely N-dealkylation sites (tertiary alicyclic amines) is 3. The Morgan fingerprint density at radius 3 is 1.41 bits per heavy atom. The van der Waals surface area contributed by atoms with Gasteiger partial charge in [-0.2, -0.15) is 4.98 Å². The number of hydrogen-bond donors (Lipinski definition) is 1. The number of anilines is 4. The molecule has 22 heteroatoms. The number of piperidine rings is 3. The molecular formula is C70H90N14O5S3. The van der Waals surface area contributed by atoms with E-state index in [0.717, 1.165) is 202 Å². The highest BCUT2D eigenvalue weighted by atomic mass is 32.1. The number of fused-ring (bicyclic) bond motifs is 3. The van der Waals surface area contributed by atoms with Gasteiger partial charge in [0.25, 0.3) is 0 Å². The highest BCUT2D eigenvalue weighted by Gasteiger charge is 2.29. The fourth-order valence-corrected chi connectivity index (χ4v) is 16.8. The summed E-state index contributed by atoms with van der Waals surface area (Å²) in [5.74, 6) is 5.95. The van der Waals surface area contributed by atoms with Gasteiger partial charge in [0, 0.05) is 129 Å². The Labute approximate surface area is 553 Å². The SMILES string of the molecule is COc1ncccc1-c1csc2ncnc(N3CCC(COCCN4CCCC4)CC3)c12.Nc1nc(N2CCC(COCCN3CCCC3)CC2)c2c(-c3ccccc3)csc2n1.c1nc(N2CCC(COCCN3CCCC3)CC2)c2c(-c3ccoc3)csc2n1. The van der Waals surface area contributed by atoms with Crippen molar-refractivity contribution in [2.45, 2.75) is 77.0 Å². The normalized spacial score (nSPS) is 18.3. The van der Waals surface area contributed by atoms with Crippen LogP contribution in [0, 0.1) is 17.8 Å². The Hall–Kier alpha value is -6.47. The Bertz CT molecular complexity index is 3700. The van der Waals surface area contributed by atoms with E-state index < -0.39 is 0 Å². The van der Waals surface area contributed by atoms with Crippen molar-refractivity contribution >= 4 is 88.1 Å². The number of benzene rings is 1. The summed E-state index contributed by atoms with van der Waals surface area (Å²) in [5, 5.41) is 9.87. The van der Waals surface area contributed by atoms with Crippen LogP contribution >= 0.6 is 34.0 Å². The molecule has 0 amide bonds. The van der Waals surface area contributed by atoms with Crippen LogP contribution in [0.15, 0.2) is 100 Å². The molecule has 0 radical (unpaired) electrons. The van der Waals surface area contributed by atoms with Gasteiger partial charge in [-0.1, -0.05) is 30.3 Å². The van der Waals surface area contributed by atoms with Crippen molar-refractivity contribution in [3.8, 4) is 39.3 Å². The molecule has 0 bridgehead atoms. The number of ether oxygens (including phenoxy) is 4. The van der Waals surface area contributed by atoms with Crippen LogP contribution in [-0.2, 0) is 14.2 Å². The minimum atomic E-state index is 0.358. The predicted octanol–water partition coefficient (Wildman–Crippen LogP) is 12.6. The molecule has 6 fully saturated rings. The summed E-state index contributed by atoms with van der Waals surface area (Å²) in [6, 6.07) is 16.5. The first-order valence-electron chi connectivity index (χ1n) is 33.7. The van der Waals surface area contributed by atoms with E-state index in [-0.39, 0.29) is 0 Å². The van der Waals surface area contributed by atoms with E-state index in [1.807, 2.05) is 18.2 Å². The van der Waals surface area contributed by atoms with Gasteiger partial charge in [-0.15, -0.1) is 34.0 Å². The standard InChI is InChI=1S/C24H31N5O2S.C24H31N5OS.C22H28N4O2S/c1-30-23-19(5-4-8-25-23)20-16-32-24-21(20)22(26-17-27-24)29-11-6-18(7-12-29)15-31-14-13-28-9-2-3-10-28;25-24-26-22(21-20(17-31-23(21)27-24)19-6-2-1-3-7-19)29-12-8-18(9-13-29)16-30-15-14-28-10-4-5-11-28;1-2-7-25(6-1)10-12-28-13-17-3-8-26(9-4-17)21-20-19(18-5-11-27-14-18)15-29-22(20)24-16-23-21/h4-5,8,16-18H,2-3,6-7,9-15H2,1H3;1-3,6-7,17-18H,4-5,8-16H2,(H2,25,26,27);5,11,14-17H,1-4,6-10,12-13H2. The quantitative estimate of drug-likeness (QED) is 0.0631. The Kier molecular flexibility index (Phi) is 22.4. The van der Waals surface area contributed by atoms with Gasteiger partial charge in [0.05, 0.1) is 55.6 Å². The van der Waals surface area contributed by atoms with Gasteiger partial charge in [0.2, 0.25) is 11.8 Å². The Balaban J connectivity index is 0.000000126. The number of rotatable bonds is 22. The van der Waals surface area contributed by atoms with Gasteiger partial charge in [-0.25, -0.2) is 29.9 Å². The molecule has 0 aliphatic carbocycles. The molecular weight excluding hydrogens is 1210 g/mol. The van der Waals surface area contributed by atoms with Crippen molar-refractivity contribution in [1.82, 2.24) is 49.6 Å². The number of methoxy groups -OCH3 is 1. The first kappa shape index (κ1) is 64.2. The lowest BCUT2D eigenvalue weighted by molar-refractivity contribution is 0.0752. The number of aromatic nitrogens is 7. The van der Waals surface area contributed by atoms with Gasteiger partial charge < -0.3 is 58.5 Å². The summed E-state index contributed by atoms with van der Waals surface area (Å²) in [6.45, 7) is 21.9. The van der Waals surface area contributed by atoms with E-state index in [1.54, 1.807) is 72.5 Å². The second kappa shape index (κ2) is 32.1. The van der Waals surface area contributed by atoms with Crippen LogP contribution in [0.25, 0.3) is 64.0 Å². The zero-order valence-corrected chi connectivity index (χ0v) is 55.9. The average Bonchev–Trinajstić information content (AvgIpc) is 1.73. The smallest absolute Gasteiger partial charge is 0.223 e. The maximum atomic E-state index is 6.07. The van der Waals surface area contributed by atoms with Crippen LogP contribution in [0.4, 0.5) is 23.4 Å². The predicted molar refractivity (Wildman–Crippen MR) is 374 cm³/mol. The third kappa shape index (κ3) is 16.0. The summed E-state index contributed by atoms with van der Waals surface area (Å²) in [4.78, 5) is 49.8. The van der Waals surface area contributed by atoms with Crippen molar-refractivity contribution < 1.29 is 23.4 Å². The number of nitrogen functional groups attached to an aromatic ring is 1. The number of hydrogen-bond acceptors (Lipinski definition) is 22. The van der Waals surface area contributed by atoms with Crippen LogP contribution in [0.1, 0.15) is 77.0 Å². The minimum absolute atomic E-state index is 0.358. The number of nitrogens with zero attached hydrogens (tertiary/aromatic N) is 13. The maximum absolute atomic E-state index is 6.07. The fraction of sp³-hybridized carbons (Fsp3) is 0.529. The maximum Gasteiger partial charge on any atom is 0.223 e. The van der Waals surface area contributed by atoms with Gasteiger partial charge in [0.15, 0.2) is 0 Å². The Morgan fingerprint density at radius 2 is 0.924 bits per heavy atom. The minimum Gasteiger partial charge on any atom is -0.481 e. The van der Waals surface area contributed by atoms with Crippen molar-refractivity contribution in [3.63, 3.8) is 0 Å². The molecule has 6 aliphatic heterocycles. The first-order chi connectivity index (χ1) is 45.5. The number of furan rings is 1. The summed E-state index contributed by atoms with van der Waals surface area (Å²) in [7, 11) is 1.66. The van der Waals surface area contributed by atoms with E-state index >= 15 is 0 Å². The second-order valence-electron chi connectivity index (χ2n) is 25.4. The van der Waals surface area contributed by atoms with Crippen molar-refractivity contribution in [1.29, 1.82) is 0 Å². The largest absolute Gasteiger partial charge is 0.481 e. The summed E-state index contributed by atoms with van der Waals surface area (Å²) >= 11 is 4.96. The molecule has 15 rings (SSSR count). The monoisotopic (exact) mass is 1300 g/mol. The van der Waals surface area contributed by atoms with Crippen LogP contribution in [-0.4, -0.2) is 195 Å². The molecule has 1 aromatic carbocycles. The second-order valence-corrected chi connectivity index (χ2v) is 28.0. The zero-order valence-electron chi connectivity index (χ0n) is 53.5. The summed E-state index contributed by atoms with van der Waals surface area (Å²) < 4.78 is 28.9. The molecule has 2 N–H and O–H groups in total. The van der Waals surface area contributed by atoms with E-state index in [4.69, 9.17) is 39.1 Å². The van der Waals surface area contributed by atoms with Crippen LogP contribution in [0.2, 0.25) is 0 Å². The molecule has 14 heterocycles. The zero-order chi connectivity index (χ0) is 62.3. The summed E-state index contributed by atoms with van der Waals surface area (Å²) in [6.07, 6.45) is 23.5. The van der Waals surface area contributed by atoms with E-state index in [0.29, 0.717) is 29.6 Å². The van der Waals surface area contributed by atoms with E-state index in [1.165, 1.54) is 94.5 Å². The first-order valence-corrected chi connectivity index (χ1v) is 36.3. The molecule has 6 saturated heterocycles. The third-order valence-corrected chi connectivity index (χ3v) is 22.0. The van der Waals surface area contributed by atoms with Crippen molar-refractivity contribution in [3.05, 3.63) is 96.0 Å². The van der Waals surface area contributed by atoms with E-state index in [2.05, 4.69) is 101 Å². The van der Waals surface area contributed by atoms with Crippen molar-refractivity contribution in [2.24, 2.45) is 17.8 Å². The molecule has 0 spiro atoms. The van der Waals surface area contributed by atoms with Crippen molar-refractivity contribution in [2.75, 3.05) is 165 Å². The topological polar surface area (TPSA) is 186 Å². The molecule has 19 nitrogen and oxygen atoms in total. The van der Waals surface area contributed by atoms with Crippen LogP contribution in [0.3, 0.4) is 0 Å². The number of nitrogens with two attached hydrogens (primary N) is 1. The average molecular weight is 1300 g/mol. The number of thiophene rings is 3. The Morgan fingerprint density at radius 1 is 0.467 bits per heavy atom. The molecule has 9 aromatic rings. The van der Waals surface area contributed by atoms with Crippen LogP contribution < -0.4 is 25.2 Å². The van der Waals surface area contributed by atoms with Crippen LogP contribution in [0.5, 0.6) is 5.88 Å². The molecule has 0 atom stereocenters. The van der Waals surface area contributed by atoms with Gasteiger partial charge in [-0.05, 0) is 158 Å². The molecule has 0 saturated carbocycles. The highest BCUT2D eigenvalue weighted by Crippen LogP contribution is 2.43. The lowest BCUT2D eigenvalue weighted by atomic mass is 9.97. The lowest BCUT2D eigenvalue weighted by Crippen LogP contribution is -2.36.